The molecule has 8 nitrogen and oxygen atoms in total. The second kappa shape index (κ2) is 9.62. The first-order valence-corrected chi connectivity index (χ1v) is 11.2. The van der Waals surface area contributed by atoms with Gasteiger partial charge in [0.25, 0.3) is 5.91 Å². The minimum atomic E-state index is -1.61. The number of amides is 1. The number of nitrogens with zero attached hydrogens (tertiary/aromatic N) is 3. The molecule has 3 aromatic rings. The number of aliphatic hydroxyl groups is 1. The number of carbonyl (C=O) groups excluding carboxylic acids is 1. The van der Waals surface area contributed by atoms with Crippen LogP contribution < -0.4 is 10.6 Å². The zero-order valence-electron chi connectivity index (χ0n) is 18.5. The van der Waals surface area contributed by atoms with Crippen LogP contribution in [0.5, 0.6) is 0 Å². The van der Waals surface area contributed by atoms with Gasteiger partial charge in [-0.25, -0.2) is 14.4 Å². The molecule has 1 unspecified atom stereocenters. The van der Waals surface area contributed by atoms with Gasteiger partial charge >= 0.3 is 0 Å². The normalized spacial score (nSPS) is 16.0. The average molecular weight is 476 g/mol. The predicted molar refractivity (Wildman–Crippen MR) is 125 cm³/mol. The third-order valence-corrected chi connectivity index (χ3v) is 5.87. The number of alkyl halides is 1. The van der Waals surface area contributed by atoms with E-state index in [0.717, 1.165) is 18.2 Å². The molecule has 1 atom stereocenters. The van der Waals surface area contributed by atoms with Crippen molar-refractivity contribution in [3.05, 3.63) is 47.4 Å². The maximum absolute atomic E-state index is 14.2. The van der Waals surface area contributed by atoms with Crippen molar-refractivity contribution in [2.45, 2.75) is 44.5 Å². The summed E-state index contributed by atoms with van der Waals surface area (Å²) in [5, 5.41) is 17.2. The van der Waals surface area contributed by atoms with Gasteiger partial charge in [0, 0.05) is 49.3 Å². The lowest BCUT2D eigenvalue weighted by atomic mass is 10.0. The lowest BCUT2D eigenvalue weighted by molar-refractivity contribution is -0.00177. The van der Waals surface area contributed by atoms with Gasteiger partial charge in [-0.15, -0.1) is 0 Å². The van der Waals surface area contributed by atoms with E-state index < -0.39 is 17.7 Å². The van der Waals surface area contributed by atoms with Gasteiger partial charge < -0.3 is 20.5 Å². The summed E-state index contributed by atoms with van der Waals surface area (Å²) in [6.45, 7) is 3.69. The molecule has 1 aliphatic rings. The van der Waals surface area contributed by atoms with E-state index in [9.17, 15) is 14.3 Å². The molecule has 0 aromatic carbocycles. The quantitative estimate of drug-likeness (QED) is 0.483. The first-order chi connectivity index (χ1) is 15.7. The molecule has 0 saturated carbocycles. The highest BCUT2D eigenvalue weighted by Crippen LogP contribution is 2.25. The van der Waals surface area contributed by atoms with E-state index in [1.807, 2.05) is 22.9 Å². The summed E-state index contributed by atoms with van der Waals surface area (Å²) in [7, 11) is 0. The van der Waals surface area contributed by atoms with Crippen LogP contribution in [0.4, 0.5) is 10.1 Å². The van der Waals surface area contributed by atoms with Gasteiger partial charge in [0.15, 0.2) is 0 Å². The zero-order chi connectivity index (χ0) is 23.6. The van der Waals surface area contributed by atoms with E-state index in [0.29, 0.717) is 41.0 Å². The summed E-state index contributed by atoms with van der Waals surface area (Å²) >= 11 is 6.05. The second-order valence-electron chi connectivity index (χ2n) is 8.70. The smallest absolute Gasteiger partial charge is 0.255 e. The first-order valence-electron chi connectivity index (χ1n) is 10.8. The van der Waals surface area contributed by atoms with Crippen molar-refractivity contribution in [2.75, 3.05) is 25.1 Å². The number of nitrogens with one attached hydrogen (secondary N) is 2. The Kier molecular flexibility index (Phi) is 6.83. The van der Waals surface area contributed by atoms with Gasteiger partial charge in [-0.3, -0.25) is 9.36 Å². The van der Waals surface area contributed by atoms with Crippen LogP contribution in [0.1, 0.15) is 37.0 Å². The number of anilines is 1. The van der Waals surface area contributed by atoms with Crippen molar-refractivity contribution in [1.29, 1.82) is 0 Å². The molecule has 1 saturated heterocycles. The number of aromatic nitrogens is 3. The number of hydrogen-bond donors (Lipinski definition) is 3. The highest BCUT2D eigenvalue weighted by atomic mass is 35.5. The molecule has 176 valence electrons. The molecule has 33 heavy (non-hydrogen) atoms. The van der Waals surface area contributed by atoms with E-state index in [1.165, 1.54) is 20.0 Å². The number of halogens is 2. The summed E-state index contributed by atoms with van der Waals surface area (Å²) in [4.78, 5) is 21.8. The number of rotatable bonds is 7. The summed E-state index contributed by atoms with van der Waals surface area (Å²) in [5.74, 6) is 0.101. The SMILES string of the molecule is CC(C)(O)C(F)CNC(=O)c1cnc(-n2ccc3cc(Cl)cnc32)cc1NC1CCOCC1. The molecular formula is C23H27ClFN5O3. The van der Waals surface area contributed by atoms with Crippen molar-refractivity contribution in [2.24, 2.45) is 0 Å². The number of hydrogen-bond acceptors (Lipinski definition) is 6. The molecule has 3 aromatic heterocycles. The van der Waals surface area contributed by atoms with E-state index in [1.54, 1.807) is 12.3 Å². The van der Waals surface area contributed by atoms with E-state index in [2.05, 4.69) is 20.6 Å². The van der Waals surface area contributed by atoms with Crippen LogP contribution in [0.2, 0.25) is 5.02 Å². The number of pyridine rings is 2. The largest absolute Gasteiger partial charge is 0.387 e. The van der Waals surface area contributed by atoms with Gasteiger partial charge in [-0.2, -0.15) is 0 Å². The molecule has 4 heterocycles. The van der Waals surface area contributed by atoms with Crippen molar-refractivity contribution >= 4 is 34.2 Å². The topological polar surface area (TPSA) is 101 Å². The van der Waals surface area contributed by atoms with Crippen LogP contribution in [0.15, 0.2) is 36.8 Å². The molecule has 0 spiro atoms. The van der Waals surface area contributed by atoms with Crippen molar-refractivity contribution in [1.82, 2.24) is 19.9 Å². The van der Waals surface area contributed by atoms with Gasteiger partial charge in [0.1, 0.15) is 17.6 Å². The third kappa shape index (κ3) is 5.43. The highest BCUT2D eigenvalue weighted by Gasteiger charge is 2.27. The number of carbonyl (C=O) groups is 1. The summed E-state index contributed by atoms with van der Waals surface area (Å²) < 4.78 is 21.4. The predicted octanol–water partition coefficient (Wildman–Crippen LogP) is 3.50. The molecule has 10 heteroatoms. The van der Waals surface area contributed by atoms with Gasteiger partial charge in [0.2, 0.25) is 0 Å². The Bertz CT molecular complexity index is 1140. The van der Waals surface area contributed by atoms with Crippen LogP contribution in [-0.4, -0.2) is 63.1 Å². The van der Waals surface area contributed by atoms with Crippen molar-refractivity contribution < 1.29 is 19.0 Å². The molecule has 0 bridgehead atoms. The van der Waals surface area contributed by atoms with E-state index >= 15 is 0 Å². The molecule has 1 aliphatic heterocycles. The summed E-state index contributed by atoms with van der Waals surface area (Å²) in [6, 6.07) is 5.62. The van der Waals surface area contributed by atoms with E-state index in [-0.39, 0.29) is 12.6 Å². The fourth-order valence-electron chi connectivity index (χ4n) is 3.65. The Morgan fingerprint density at radius 3 is 2.82 bits per heavy atom. The second-order valence-corrected chi connectivity index (χ2v) is 9.14. The maximum atomic E-state index is 14.2. The highest BCUT2D eigenvalue weighted by molar-refractivity contribution is 6.31. The van der Waals surface area contributed by atoms with Gasteiger partial charge in [0.05, 0.1) is 28.4 Å². The lowest BCUT2D eigenvalue weighted by Gasteiger charge is -2.26. The molecule has 1 fully saturated rings. The standard InChI is InChI=1S/C23H27ClFN5O3/c1-23(2,32)19(25)13-28-22(31)17-12-26-20(10-18(17)29-16-4-7-33-8-5-16)30-6-3-14-9-15(24)11-27-21(14)30/h3,6,9-12,16,19,32H,4-5,7-8,13H2,1-2H3,(H,26,29)(H,28,31). The van der Waals surface area contributed by atoms with Crippen molar-refractivity contribution in [3.8, 4) is 5.82 Å². The number of fused-ring (bicyclic) bond motifs is 1. The fourth-order valence-corrected chi connectivity index (χ4v) is 3.81. The lowest BCUT2D eigenvalue weighted by Crippen LogP contribution is -2.42. The Hall–Kier alpha value is -2.75. The van der Waals surface area contributed by atoms with Gasteiger partial charge in [-0.05, 0) is 38.8 Å². The fraction of sp³-hybridized carbons (Fsp3) is 0.435. The zero-order valence-corrected chi connectivity index (χ0v) is 19.3. The van der Waals surface area contributed by atoms with Crippen LogP contribution in [0, 0.1) is 0 Å². The van der Waals surface area contributed by atoms with Crippen LogP contribution in [-0.2, 0) is 4.74 Å². The van der Waals surface area contributed by atoms with Gasteiger partial charge in [-0.1, -0.05) is 11.6 Å². The third-order valence-electron chi connectivity index (χ3n) is 5.66. The molecule has 1 amide bonds. The summed E-state index contributed by atoms with van der Waals surface area (Å²) in [6.07, 6.45) is 4.87. The van der Waals surface area contributed by atoms with Crippen molar-refractivity contribution in [3.63, 3.8) is 0 Å². The Morgan fingerprint density at radius 1 is 1.33 bits per heavy atom. The maximum Gasteiger partial charge on any atom is 0.255 e. The van der Waals surface area contributed by atoms with Crippen LogP contribution in [0.3, 0.4) is 0 Å². The monoisotopic (exact) mass is 475 g/mol. The number of ether oxygens (including phenoxy) is 1. The molecule has 0 radical (unpaired) electrons. The van der Waals surface area contributed by atoms with Crippen LogP contribution in [0.25, 0.3) is 16.9 Å². The van der Waals surface area contributed by atoms with E-state index in [4.69, 9.17) is 16.3 Å². The average Bonchev–Trinajstić information content (AvgIpc) is 3.20. The molecular weight excluding hydrogens is 449 g/mol. The van der Waals surface area contributed by atoms with Crippen LogP contribution >= 0.6 is 11.6 Å². The molecule has 0 aliphatic carbocycles. The minimum absolute atomic E-state index is 0.129. The molecule has 4 rings (SSSR count). The summed E-state index contributed by atoms with van der Waals surface area (Å²) in [5.41, 5.74) is 0.00956. The molecule has 3 N–H and O–H groups in total. The Morgan fingerprint density at radius 2 is 2.09 bits per heavy atom. The Labute approximate surface area is 196 Å². The first kappa shape index (κ1) is 23.4. The minimum Gasteiger partial charge on any atom is -0.387 e. The Balaban J connectivity index is 1.64.